The maximum Gasteiger partial charge on any atom is 0.159 e. The topological polar surface area (TPSA) is 33.1 Å². The van der Waals surface area contributed by atoms with Crippen LogP contribution in [0.15, 0.2) is 36.5 Å². The molecule has 0 aliphatic carbocycles. The van der Waals surface area contributed by atoms with Gasteiger partial charge in [-0.2, -0.15) is 0 Å². The van der Waals surface area contributed by atoms with Crippen molar-refractivity contribution in [2.75, 3.05) is 0 Å². The minimum atomic E-state index is -0.953. The summed E-state index contributed by atoms with van der Waals surface area (Å²) in [4.78, 5) is 4.23. The van der Waals surface area contributed by atoms with Crippen LogP contribution < -0.4 is 0 Å². The van der Waals surface area contributed by atoms with Crippen LogP contribution in [0.3, 0.4) is 0 Å². The number of hydrogen-bond acceptors (Lipinski definition) is 2. The minimum absolute atomic E-state index is 0.273. The lowest BCUT2D eigenvalue weighted by atomic mass is 10.0. The molecule has 0 saturated carbocycles. The zero-order valence-electron chi connectivity index (χ0n) is 10.6. The van der Waals surface area contributed by atoms with E-state index < -0.39 is 17.7 Å². The number of aliphatic hydroxyl groups excluding tert-OH is 1. The molecule has 0 amide bonds. The summed E-state index contributed by atoms with van der Waals surface area (Å²) >= 11 is 0. The molecule has 0 bridgehead atoms. The SMILES string of the molecule is CCc1ccc(CC(O)c2ccc(F)c(F)c2)nc1. The lowest BCUT2D eigenvalue weighted by Crippen LogP contribution is -2.04. The van der Waals surface area contributed by atoms with E-state index in [0.29, 0.717) is 5.56 Å². The van der Waals surface area contributed by atoms with Crippen LogP contribution in [0.1, 0.15) is 29.8 Å². The summed E-state index contributed by atoms with van der Waals surface area (Å²) in [6, 6.07) is 7.19. The van der Waals surface area contributed by atoms with Crippen LogP contribution in [0.25, 0.3) is 0 Å². The lowest BCUT2D eigenvalue weighted by molar-refractivity contribution is 0.176. The molecule has 1 unspecified atom stereocenters. The van der Waals surface area contributed by atoms with Crippen LogP contribution >= 0.6 is 0 Å². The Morgan fingerprint density at radius 1 is 1.16 bits per heavy atom. The molecule has 0 aliphatic heterocycles. The number of nitrogens with zero attached hydrogens (tertiary/aromatic N) is 1. The number of aryl methyl sites for hydroxylation is 1. The molecule has 2 rings (SSSR count). The monoisotopic (exact) mass is 263 g/mol. The number of hydrogen-bond donors (Lipinski definition) is 1. The standard InChI is InChI=1S/C15H15F2NO/c1-2-10-3-5-12(18-9-10)8-15(19)11-4-6-13(16)14(17)7-11/h3-7,9,15,19H,2,8H2,1H3. The third-order valence-corrected chi connectivity index (χ3v) is 3.03. The summed E-state index contributed by atoms with van der Waals surface area (Å²) in [6.45, 7) is 2.03. The highest BCUT2D eigenvalue weighted by Crippen LogP contribution is 2.19. The second kappa shape index (κ2) is 5.89. The predicted molar refractivity (Wildman–Crippen MR) is 68.6 cm³/mol. The van der Waals surface area contributed by atoms with E-state index in [0.717, 1.165) is 29.8 Å². The minimum Gasteiger partial charge on any atom is -0.388 e. The summed E-state index contributed by atoms with van der Waals surface area (Å²) < 4.78 is 25.9. The summed E-state index contributed by atoms with van der Waals surface area (Å²) in [6.07, 6.45) is 2.04. The Balaban J connectivity index is 2.10. The van der Waals surface area contributed by atoms with Gasteiger partial charge in [0.25, 0.3) is 0 Å². The molecule has 1 aromatic heterocycles. The van der Waals surface area contributed by atoms with E-state index in [-0.39, 0.29) is 6.42 Å². The normalized spacial score (nSPS) is 12.4. The second-order valence-corrected chi connectivity index (χ2v) is 4.40. The van der Waals surface area contributed by atoms with Gasteiger partial charge in [-0.1, -0.05) is 19.1 Å². The first-order valence-electron chi connectivity index (χ1n) is 6.17. The highest BCUT2D eigenvalue weighted by molar-refractivity contribution is 5.22. The molecular formula is C15H15F2NO. The third kappa shape index (κ3) is 3.35. The van der Waals surface area contributed by atoms with E-state index in [9.17, 15) is 13.9 Å². The van der Waals surface area contributed by atoms with Gasteiger partial charge in [-0.15, -0.1) is 0 Å². The number of benzene rings is 1. The molecule has 0 radical (unpaired) electrons. The predicted octanol–water partition coefficient (Wildman–Crippen LogP) is 3.20. The number of halogens is 2. The highest BCUT2D eigenvalue weighted by atomic mass is 19.2. The fourth-order valence-electron chi connectivity index (χ4n) is 1.82. The first-order valence-corrected chi connectivity index (χ1v) is 6.17. The van der Waals surface area contributed by atoms with Crippen molar-refractivity contribution in [2.45, 2.75) is 25.9 Å². The maximum absolute atomic E-state index is 13.1. The van der Waals surface area contributed by atoms with Crippen molar-refractivity contribution >= 4 is 0 Å². The summed E-state index contributed by atoms with van der Waals surface area (Å²) in [5.41, 5.74) is 2.18. The zero-order valence-corrected chi connectivity index (χ0v) is 10.6. The Hall–Kier alpha value is -1.81. The molecule has 1 N–H and O–H groups in total. The lowest BCUT2D eigenvalue weighted by Gasteiger charge is -2.11. The largest absolute Gasteiger partial charge is 0.388 e. The Kier molecular flexibility index (Phi) is 4.22. The van der Waals surface area contributed by atoms with E-state index in [1.165, 1.54) is 6.07 Å². The van der Waals surface area contributed by atoms with Crippen molar-refractivity contribution in [1.29, 1.82) is 0 Å². The average Bonchev–Trinajstić information content (AvgIpc) is 2.42. The Bertz CT molecular complexity index is 555. The van der Waals surface area contributed by atoms with Gasteiger partial charge in [-0.05, 0) is 35.7 Å². The van der Waals surface area contributed by atoms with Gasteiger partial charge in [-0.3, -0.25) is 4.98 Å². The highest BCUT2D eigenvalue weighted by Gasteiger charge is 2.12. The molecule has 2 aromatic rings. The van der Waals surface area contributed by atoms with E-state index in [2.05, 4.69) is 4.98 Å². The quantitative estimate of drug-likeness (QED) is 0.919. The molecule has 1 atom stereocenters. The summed E-state index contributed by atoms with van der Waals surface area (Å²) in [5.74, 6) is -1.87. The first kappa shape index (κ1) is 13.6. The molecular weight excluding hydrogens is 248 g/mol. The van der Waals surface area contributed by atoms with Gasteiger partial charge in [0.05, 0.1) is 6.10 Å². The molecule has 0 aliphatic rings. The number of aliphatic hydroxyl groups is 1. The first-order chi connectivity index (χ1) is 9.10. The summed E-state index contributed by atoms with van der Waals surface area (Å²) in [7, 11) is 0. The van der Waals surface area contributed by atoms with Crippen LogP contribution in [0, 0.1) is 11.6 Å². The van der Waals surface area contributed by atoms with E-state index >= 15 is 0 Å². The molecule has 1 heterocycles. The number of pyridine rings is 1. The van der Waals surface area contributed by atoms with Gasteiger partial charge in [0.15, 0.2) is 11.6 Å². The zero-order chi connectivity index (χ0) is 13.8. The van der Waals surface area contributed by atoms with Crippen LogP contribution in [0.5, 0.6) is 0 Å². The van der Waals surface area contributed by atoms with Gasteiger partial charge in [0.1, 0.15) is 0 Å². The molecule has 19 heavy (non-hydrogen) atoms. The van der Waals surface area contributed by atoms with Gasteiger partial charge < -0.3 is 5.11 Å². The van der Waals surface area contributed by atoms with E-state index in [4.69, 9.17) is 0 Å². The van der Waals surface area contributed by atoms with Crippen molar-refractivity contribution in [3.8, 4) is 0 Å². The molecule has 0 spiro atoms. The molecule has 4 heteroatoms. The fourth-order valence-corrected chi connectivity index (χ4v) is 1.82. The molecule has 2 nitrogen and oxygen atoms in total. The number of rotatable bonds is 4. The molecule has 1 aromatic carbocycles. The smallest absolute Gasteiger partial charge is 0.159 e. The van der Waals surface area contributed by atoms with Crippen molar-refractivity contribution in [2.24, 2.45) is 0 Å². The Morgan fingerprint density at radius 3 is 2.53 bits per heavy atom. The Morgan fingerprint density at radius 2 is 1.95 bits per heavy atom. The average molecular weight is 263 g/mol. The van der Waals surface area contributed by atoms with Crippen LogP contribution in [0.2, 0.25) is 0 Å². The van der Waals surface area contributed by atoms with Crippen LogP contribution in [0.4, 0.5) is 8.78 Å². The van der Waals surface area contributed by atoms with Crippen LogP contribution in [-0.4, -0.2) is 10.1 Å². The van der Waals surface area contributed by atoms with Gasteiger partial charge >= 0.3 is 0 Å². The second-order valence-electron chi connectivity index (χ2n) is 4.40. The third-order valence-electron chi connectivity index (χ3n) is 3.03. The van der Waals surface area contributed by atoms with Crippen molar-refractivity contribution in [1.82, 2.24) is 4.98 Å². The van der Waals surface area contributed by atoms with E-state index in [1.807, 2.05) is 19.1 Å². The van der Waals surface area contributed by atoms with Crippen molar-refractivity contribution < 1.29 is 13.9 Å². The van der Waals surface area contributed by atoms with Crippen molar-refractivity contribution in [3.63, 3.8) is 0 Å². The summed E-state index contributed by atoms with van der Waals surface area (Å²) in [5, 5.41) is 9.99. The molecule has 0 saturated heterocycles. The maximum atomic E-state index is 13.1. The van der Waals surface area contributed by atoms with Gasteiger partial charge in [-0.25, -0.2) is 8.78 Å². The Labute approximate surface area is 110 Å². The van der Waals surface area contributed by atoms with Crippen LogP contribution in [-0.2, 0) is 12.8 Å². The fraction of sp³-hybridized carbons (Fsp3) is 0.267. The van der Waals surface area contributed by atoms with Crippen molar-refractivity contribution in [3.05, 3.63) is 65.0 Å². The molecule has 100 valence electrons. The van der Waals surface area contributed by atoms with Gasteiger partial charge in [0.2, 0.25) is 0 Å². The van der Waals surface area contributed by atoms with E-state index in [1.54, 1.807) is 6.20 Å². The van der Waals surface area contributed by atoms with Gasteiger partial charge in [0, 0.05) is 18.3 Å². The number of aromatic nitrogens is 1. The molecule has 0 fully saturated rings.